The van der Waals surface area contributed by atoms with Crippen LogP contribution in [0.25, 0.3) is 6.08 Å². The highest BCUT2D eigenvalue weighted by Crippen LogP contribution is 2.08. The van der Waals surface area contributed by atoms with E-state index in [4.69, 9.17) is 0 Å². The molecule has 0 unspecified atom stereocenters. The number of hydrogen-bond donors (Lipinski definition) is 1. The Balaban J connectivity index is 2.60. The van der Waals surface area contributed by atoms with Crippen molar-refractivity contribution >= 4 is 6.08 Å². The number of rotatable bonds is 4. The van der Waals surface area contributed by atoms with Crippen molar-refractivity contribution in [3.8, 4) is 0 Å². The molecule has 0 radical (unpaired) electrons. The molecule has 0 saturated carbocycles. The number of hydrogen-bond acceptors (Lipinski definition) is 1. The van der Waals surface area contributed by atoms with Gasteiger partial charge in [0.25, 0.3) is 0 Å². The van der Waals surface area contributed by atoms with Crippen molar-refractivity contribution in [3.05, 3.63) is 54.6 Å². The monoisotopic (exact) mass is 188 g/mol. The highest BCUT2D eigenvalue weighted by molar-refractivity contribution is 5.49. The topological polar surface area (TPSA) is 20.2 Å². The van der Waals surface area contributed by atoms with E-state index in [-0.39, 0.29) is 5.92 Å². The highest BCUT2D eigenvalue weighted by Gasteiger charge is 2.05. The molecular formula is C13H16O. The zero-order valence-electron chi connectivity index (χ0n) is 8.43. The summed E-state index contributed by atoms with van der Waals surface area (Å²) in [6, 6.07) is 9.93. The molecular weight excluding hydrogens is 172 g/mol. The summed E-state index contributed by atoms with van der Waals surface area (Å²) in [7, 11) is 0. The molecule has 14 heavy (non-hydrogen) atoms. The predicted octanol–water partition coefficient (Wildman–Crippen LogP) is 2.88. The van der Waals surface area contributed by atoms with E-state index < -0.39 is 6.10 Å². The molecule has 0 heterocycles. The molecule has 0 amide bonds. The van der Waals surface area contributed by atoms with Crippen molar-refractivity contribution in [2.45, 2.75) is 13.0 Å². The summed E-state index contributed by atoms with van der Waals surface area (Å²) in [5.41, 5.74) is 1.10. The Bertz CT molecular complexity index is 300. The van der Waals surface area contributed by atoms with Crippen LogP contribution in [0.4, 0.5) is 0 Å². The first-order chi connectivity index (χ1) is 6.74. The van der Waals surface area contributed by atoms with Gasteiger partial charge in [-0.15, -0.1) is 6.58 Å². The average Bonchev–Trinajstić information content (AvgIpc) is 2.26. The first kappa shape index (κ1) is 10.7. The summed E-state index contributed by atoms with van der Waals surface area (Å²) in [4.78, 5) is 0. The number of benzene rings is 1. The van der Waals surface area contributed by atoms with E-state index in [9.17, 15) is 5.11 Å². The van der Waals surface area contributed by atoms with E-state index >= 15 is 0 Å². The molecule has 0 fully saturated rings. The van der Waals surface area contributed by atoms with Crippen molar-refractivity contribution in [3.63, 3.8) is 0 Å². The van der Waals surface area contributed by atoms with Crippen LogP contribution in [0.2, 0.25) is 0 Å². The van der Waals surface area contributed by atoms with Gasteiger partial charge in [0, 0.05) is 5.92 Å². The lowest BCUT2D eigenvalue weighted by atomic mass is 10.0. The van der Waals surface area contributed by atoms with Gasteiger partial charge in [0.2, 0.25) is 0 Å². The van der Waals surface area contributed by atoms with Crippen LogP contribution in [0.3, 0.4) is 0 Å². The Morgan fingerprint density at radius 2 is 1.93 bits per heavy atom. The largest absolute Gasteiger partial charge is 0.388 e. The van der Waals surface area contributed by atoms with Crippen molar-refractivity contribution in [1.82, 2.24) is 0 Å². The Hall–Kier alpha value is -1.34. The highest BCUT2D eigenvalue weighted by atomic mass is 16.3. The second-order valence-corrected chi connectivity index (χ2v) is 3.36. The first-order valence-corrected chi connectivity index (χ1v) is 4.78. The molecule has 2 atom stereocenters. The van der Waals surface area contributed by atoms with Crippen molar-refractivity contribution in [1.29, 1.82) is 0 Å². The first-order valence-electron chi connectivity index (χ1n) is 4.78. The summed E-state index contributed by atoms with van der Waals surface area (Å²) in [6.45, 7) is 5.58. The zero-order chi connectivity index (χ0) is 10.4. The lowest BCUT2D eigenvalue weighted by molar-refractivity contribution is 0.186. The molecule has 0 aliphatic carbocycles. The van der Waals surface area contributed by atoms with Gasteiger partial charge >= 0.3 is 0 Å². The molecule has 0 aliphatic rings. The third kappa shape index (κ3) is 3.19. The minimum atomic E-state index is -0.451. The van der Waals surface area contributed by atoms with Crippen LogP contribution >= 0.6 is 0 Å². The number of aliphatic hydroxyl groups is 1. The Kier molecular flexibility index (Phi) is 4.14. The van der Waals surface area contributed by atoms with Crippen molar-refractivity contribution in [2.75, 3.05) is 0 Å². The summed E-state index contributed by atoms with van der Waals surface area (Å²) >= 11 is 0. The van der Waals surface area contributed by atoms with Gasteiger partial charge < -0.3 is 5.11 Å². The van der Waals surface area contributed by atoms with Gasteiger partial charge in [-0.25, -0.2) is 0 Å². The van der Waals surface area contributed by atoms with Gasteiger partial charge in [-0.1, -0.05) is 55.5 Å². The molecule has 1 heteroatoms. The van der Waals surface area contributed by atoms with Crippen LogP contribution in [-0.2, 0) is 0 Å². The lowest BCUT2D eigenvalue weighted by Gasteiger charge is -2.09. The second-order valence-electron chi connectivity index (χ2n) is 3.36. The normalized spacial score (nSPS) is 15.3. The molecule has 0 saturated heterocycles. The fourth-order valence-corrected chi connectivity index (χ4v) is 1.09. The quantitative estimate of drug-likeness (QED) is 0.720. The maximum absolute atomic E-state index is 9.62. The van der Waals surface area contributed by atoms with Crippen LogP contribution < -0.4 is 0 Å². The van der Waals surface area contributed by atoms with E-state index in [0.717, 1.165) is 5.56 Å². The average molecular weight is 188 g/mol. The van der Waals surface area contributed by atoms with Gasteiger partial charge in [-0.3, -0.25) is 0 Å². The Labute approximate surface area is 85.4 Å². The van der Waals surface area contributed by atoms with Crippen LogP contribution in [0.5, 0.6) is 0 Å². The van der Waals surface area contributed by atoms with E-state index in [0.29, 0.717) is 0 Å². The van der Waals surface area contributed by atoms with Crippen LogP contribution in [0.1, 0.15) is 12.5 Å². The maximum Gasteiger partial charge on any atom is 0.0783 e. The van der Waals surface area contributed by atoms with E-state index in [1.807, 2.05) is 43.3 Å². The van der Waals surface area contributed by atoms with E-state index in [1.165, 1.54) is 0 Å². The Morgan fingerprint density at radius 1 is 1.29 bits per heavy atom. The molecule has 0 spiro atoms. The molecule has 0 bridgehead atoms. The standard InChI is InChI=1S/C13H16O/c1-3-11(2)13(14)10-9-12-7-5-4-6-8-12/h3-11,13-14H,1H2,2H3/b10-9+/t11-,13+/m0/s1. The maximum atomic E-state index is 9.62. The molecule has 1 N–H and O–H groups in total. The molecule has 0 aromatic heterocycles. The van der Waals surface area contributed by atoms with Gasteiger partial charge in [0.15, 0.2) is 0 Å². The minimum Gasteiger partial charge on any atom is -0.388 e. The van der Waals surface area contributed by atoms with E-state index in [2.05, 4.69) is 6.58 Å². The summed E-state index contributed by atoms with van der Waals surface area (Å²) in [6.07, 6.45) is 5.01. The van der Waals surface area contributed by atoms with Gasteiger partial charge in [0.05, 0.1) is 6.10 Å². The molecule has 74 valence electrons. The predicted molar refractivity (Wildman–Crippen MR) is 60.8 cm³/mol. The summed E-state index contributed by atoms with van der Waals surface area (Å²) in [5, 5.41) is 9.62. The van der Waals surface area contributed by atoms with Crippen LogP contribution in [0, 0.1) is 5.92 Å². The van der Waals surface area contributed by atoms with Crippen molar-refractivity contribution in [2.24, 2.45) is 5.92 Å². The molecule has 1 nitrogen and oxygen atoms in total. The molecule has 0 aliphatic heterocycles. The zero-order valence-corrected chi connectivity index (χ0v) is 8.43. The minimum absolute atomic E-state index is 0.0926. The van der Waals surface area contributed by atoms with Gasteiger partial charge in [0.1, 0.15) is 0 Å². The van der Waals surface area contributed by atoms with Crippen molar-refractivity contribution < 1.29 is 5.11 Å². The third-order valence-corrected chi connectivity index (χ3v) is 2.20. The second kappa shape index (κ2) is 5.40. The van der Waals surface area contributed by atoms with E-state index in [1.54, 1.807) is 12.2 Å². The summed E-state index contributed by atoms with van der Waals surface area (Å²) < 4.78 is 0. The van der Waals surface area contributed by atoms with Crippen LogP contribution in [-0.4, -0.2) is 11.2 Å². The molecule has 1 aromatic rings. The van der Waals surface area contributed by atoms with Crippen LogP contribution in [0.15, 0.2) is 49.1 Å². The molecule has 1 rings (SSSR count). The fraction of sp³-hybridized carbons (Fsp3) is 0.231. The third-order valence-electron chi connectivity index (χ3n) is 2.20. The Morgan fingerprint density at radius 3 is 2.50 bits per heavy atom. The molecule has 1 aromatic carbocycles. The lowest BCUT2D eigenvalue weighted by Crippen LogP contribution is -2.11. The summed E-state index contributed by atoms with van der Waals surface area (Å²) in [5.74, 6) is 0.0926. The fourth-order valence-electron chi connectivity index (χ4n) is 1.09. The van der Waals surface area contributed by atoms with Gasteiger partial charge in [-0.2, -0.15) is 0 Å². The number of aliphatic hydroxyl groups excluding tert-OH is 1. The smallest absolute Gasteiger partial charge is 0.0783 e. The van der Waals surface area contributed by atoms with Gasteiger partial charge in [-0.05, 0) is 5.56 Å². The SMILES string of the molecule is C=C[C@H](C)[C@H](O)/C=C/c1ccccc1.